The highest BCUT2D eigenvalue weighted by molar-refractivity contribution is 7.11. The molecule has 0 spiro atoms. The molecular formula is C34H33ClN4O7S. The van der Waals surface area contributed by atoms with Crippen molar-refractivity contribution < 1.29 is 33.8 Å². The number of carboxylic acids is 1. The highest BCUT2D eigenvalue weighted by atomic mass is 35.5. The molecule has 4 heterocycles. The van der Waals surface area contributed by atoms with Crippen LogP contribution in [0.3, 0.4) is 0 Å². The zero-order chi connectivity index (χ0) is 32.8. The molecule has 1 aliphatic carbocycles. The van der Waals surface area contributed by atoms with E-state index in [1.54, 1.807) is 57.9 Å². The summed E-state index contributed by atoms with van der Waals surface area (Å²) in [5.74, 6) is -3.41. The first kappa shape index (κ1) is 31.3. The number of thiazole rings is 1. The topological polar surface area (TPSA) is 137 Å². The second-order valence-electron chi connectivity index (χ2n) is 12.5. The molecule has 7 rings (SSSR count). The SMILES string of the molecule is O=C(O)[C@@H]1CCCCC1C(=O)N1CCc2c(Cl)ccc(O[C@H]3CCN(C(=O)c4cncs4)C3)c2[C@H]1CN1C(=O)c2ccccc2C1=O. The third kappa shape index (κ3) is 5.67. The Hall–Kier alpha value is -4.29. The number of imide groups is 1. The van der Waals surface area contributed by atoms with Gasteiger partial charge >= 0.3 is 5.97 Å². The molecule has 1 unspecified atom stereocenters. The van der Waals surface area contributed by atoms with E-state index in [1.807, 2.05) is 0 Å². The monoisotopic (exact) mass is 676 g/mol. The number of benzene rings is 2. The largest absolute Gasteiger partial charge is 0.488 e. The fraction of sp³-hybridized carbons (Fsp3) is 0.412. The van der Waals surface area contributed by atoms with Crippen LogP contribution >= 0.6 is 22.9 Å². The van der Waals surface area contributed by atoms with Crippen LogP contribution in [0, 0.1) is 11.8 Å². The van der Waals surface area contributed by atoms with Gasteiger partial charge in [0, 0.05) is 30.1 Å². The summed E-state index contributed by atoms with van der Waals surface area (Å²) in [4.78, 5) is 75.8. The summed E-state index contributed by atoms with van der Waals surface area (Å²) in [6, 6.07) is 9.27. The fourth-order valence-electron chi connectivity index (χ4n) is 7.51. The normalized spacial score (nSPS) is 23.9. The summed E-state index contributed by atoms with van der Waals surface area (Å²) in [6.45, 7) is 0.944. The number of nitrogens with zero attached hydrogens (tertiary/aromatic N) is 4. The maximum atomic E-state index is 14.4. The first-order valence-electron chi connectivity index (χ1n) is 15.9. The Morgan fingerprint density at radius 1 is 0.979 bits per heavy atom. The van der Waals surface area contributed by atoms with E-state index in [-0.39, 0.29) is 31.0 Å². The van der Waals surface area contributed by atoms with E-state index in [0.717, 1.165) is 23.3 Å². The molecule has 11 nitrogen and oxygen atoms in total. The second kappa shape index (κ2) is 12.7. The van der Waals surface area contributed by atoms with E-state index in [1.165, 1.54) is 11.3 Å². The van der Waals surface area contributed by atoms with Crippen molar-refractivity contribution in [1.82, 2.24) is 19.7 Å². The second-order valence-corrected chi connectivity index (χ2v) is 13.8. The minimum atomic E-state index is -0.997. The molecule has 2 fully saturated rings. The number of carbonyl (C=O) groups is 5. The van der Waals surface area contributed by atoms with E-state index in [0.29, 0.717) is 71.1 Å². The van der Waals surface area contributed by atoms with Crippen molar-refractivity contribution in [3.05, 3.63) is 80.3 Å². The number of hydrogen-bond donors (Lipinski definition) is 1. The molecule has 1 saturated carbocycles. The summed E-state index contributed by atoms with van der Waals surface area (Å²) in [6.07, 6.45) is 4.51. The van der Waals surface area contributed by atoms with Gasteiger partial charge < -0.3 is 19.6 Å². The van der Waals surface area contributed by atoms with E-state index >= 15 is 0 Å². The predicted molar refractivity (Wildman–Crippen MR) is 172 cm³/mol. The third-order valence-corrected chi connectivity index (χ3v) is 11.0. The lowest BCUT2D eigenvalue weighted by atomic mass is 9.77. The number of fused-ring (bicyclic) bond motifs is 2. The molecule has 1 aromatic heterocycles. The molecular weight excluding hydrogens is 644 g/mol. The van der Waals surface area contributed by atoms with Gasteiger partial charge in [0.05, 0.1) is 53.8 Å². The van der Waals surface area contributed by atoms with Crippen molar-refractivity contribution >= 4 is 52.5 Å². The van der Waals surface area contributed by atoms with Gasteiger partial charge in [-0.2, -0.15) is 0 Å². The van der Waals surface area contributed by atoms with Crippen molar-refractivity contribution in [2.24, 2.45) is 11.8 Å². The van der Waals surface area contributed by atoms with Gasteiger partial charge in [0.25, 0.3) is 17.7 Å². The number of ether oxygens (including phenoxy) is 1. The molecule has 4 aliphatic rings. The van der Waals surface area contributed by atoms with Gasteiger partial charge in [-0.1, -0.05) is 36.6 Å². The number of carboxylic acid groups (broad SMARTS) is 1. The van der Waals surface area contributed by atoms with Gasteiger partial charge in [-0.05, 0) is 49.1 Å². The molecule has 2 aromatic carbocycles. The summed E-state index contributed by atoms with van der Waals surface area (Å²) >= 11 is 8.04. The van der Waals surface area contributed by atoms with Crippen LogP contribution < -0.4 is 4.74 Å². The van der Waals surface area contributed by atoms with Crippen LogP contribution in [-0.4, -0.2) is 86.7 Å². The highest BCUT2D eigenvalue weighted by Gasteiger charge is 2.46. The number of aromatic nitrogens is 1. The minimum absolute atomic E-state index is 0.113. The molecule has 1 saturated heterocycles. The number of hydrogen-bond acceptors (Lipinski definition) is 8. The van der Waals surface area contributed by atoms with Gasteiger partial charge in [-0.15, -0.1) is 11.3 Å². The molecule has 13 heteroatoms. The highest BCUT2D eigenvalue weighted by Crippen LogP contribution is 2.44. The maximum Gasteiger partial charge on any atom is 0.307 e. The van der Waals surface area contributed by atoms with Crippen molar-refractivity contribution in [2.45, 2.75) is 50.7 Å². The minimum Gasteiger partial charge on any atom is -0.488 e. The van der Waals surface area contributed by atoms with Crippen LogP contribution in [0.25, 0.3) is 0 Å². The quantitative estimate of drug-likeness (QED) is 0.356. The van der Waals surface area contributed by atoms with Gasteiger partial charge in [0.15, 0.2) is 0 Å². The van der Waals surface area contributed by atoms with Crippen LogP contribution in [0.4, 0.5) is 0 Å². The molecule has 244 valence electrons. The average molecular weight is 677 g/mol. The van der Waals surface area contributed by atoms with Gasteiger partial charge in [0.2, 0.25) is 5.91 Å². The smallest absolute Gasteiger partial charge is 0.307 e. The summed E-state index contributed by atoms with van der Waals surface area (Å²) in [5, 5.41) is 10.5. The van der Waals surface area contributed by atoms with Crippen LogP contribution in [-0.2, 0) is 16.0 Å². The van der Waals surface area contributed by atoms with Crippen molar-refractivity contribution in [2.75, 3.05) is 26.2 Å². The molecule has 3 aliphatic heterocycles. The first-order valence-corrected chi connectivity index (χ1v) is 17.1. The van der Waals surface area contributed by atoms with E-state index < -0.39 is 35.7 Å². The third-order valence-electron chi connectivity index (χ3n) is 9.86. The van der Waals surface area contributed by atoms with E-state index in [4.69, 9.17) is 16.3 Å². The first-order chi connectivity index (χ1) is 22.7. The molecule has 0 bridgehead atoms. The van der Waals surface area contributed by atoms with Crippen molar-refractivity contribution in [3.63, 3.8) is 0 Å². The van der Waals surface area contributed by atoms with E-state index in [9.17, 15) is 29.1 Å². The number of rotatable bonds is 7. The number of amides is 4. The number of halogens is 1. The summed E-state index contributed by atoms with van der Waals surface area (Å²) in [7, 11) is 0. The lowest BCUT2D eigenvalue weighted by Crippen LogP contribution is -2.50. The van der Waals surface area contributed by atoms with Crippen LogP contribution in [0.5, 0.6) is 5.75 Å². The summed E-state index contributed by atoms with van der Waals surface area (Å²) < 4.78 is 6.58. The molecule has 4 atom stereocenters. The lowest BCUT2D eigenvalue weighted by Gasteiger charge is -2.42. The Balaban J connectivity index is 1.24. The Bertz CT molecular complexity index is 1730. The van der Waals surface area contributed by atoms with Crippen LogP contribution in [0.1, 0.15) is 79.7 Å². The van der Waals surface area contributed by atoms with Gasteiger partial charge in [0.1, 0.15) is 16.7 Å². The van der Waals surface area contributed by atoms with E-state index in [2.05, 4.69) is 4.98 Å². The Morgan fingerprint density at radius 3 is 2.38 bits per heavy atom. The van der Waals surface area contributed by atoms with Crippen molar-refractivity contribution in [3.8, 4) is 5.75 Å². The van der Waals surface area contributed by atoms with Crippen LogP contribution in [0.15, 0.2) is 48.1 Å². The molecule has 3 aromatic rings. The zero-order valence-electron chi connectivity index (χ0n) is 25.5. The van der Waals surface area contributed by atoms with Gasteiger partial charge in [-0.25, -0.2) is 0 Å². The van der Waals surface area contributed by atoms with Crippen LogP contribution in [0.2, 0.25) is 5.02 Å². The Kier molecular flexibility index (Phi) is 8.48. The predicted octanol–water partition coefficient (Wildman–Crippen LogP) is 4.70. The molecule has 47 heavy (non-hydrogen) atoms. The molecule has 4 amide bonds. The Labute approximate surface area is 280 Å². The van der Waals surface area contributed by atoms with Gasteiger partial charge in [-0.3, -0.25) is 33.9 Å². The number of likely N-dealkylation sites (tertiary alicyclic amines) is 1. The lowest BCUT2D eigenvalue weighted by molar-refractivity contribution is -0.153. The van der Waals surface area contributed by atoms with Crippen molar-refractivity contribution in [1.29, 1.82) is 0 Å². The maximum absolute atomic E-state index is 14.4. The average Bonchev–Trinajstić information content (AvgIpc) is 3.84. The summed E-state index contributed by atoms with van der Waals surface area (Å²) in [5.41, 5.74) is 3.56. The number of carbonyl (C=O) groups excluding carboxylic acids is 4. The molecule has 1 N–H and O–H groups in total. The Morgan fingerprint density at radius 2 is 1.70 bits per heavy atom. The molecule has 0 radical (unpaired) electrons. The fourth-order valence-corrected chi connectivity index (χ4v) is 8.36. The zero-order valence-corrected chi connectivity index (χ0v) is 27.0. The standard InChI is InChI=1S/C34H33ClN4O7S/c35-25-9-10-27(46-19-11-13-37(16-19)33(43)28-15-36-18-47-28)29-24(25)12-14-38(30(40)22-7-3-4-8-23(22)34(44)45)26(29)17-39-31(41)20-5-1-2-6-21(20)32(39)42/h1-2,5-6,9-10,15,18-19,22-23,26H,3-4,7-8,11-14,16-17H2,(H,44,45)/t19-,22?,23+,26+/m0/s1. The number of aliphatic carboxylic acids is 1.